The van der Waals surface area contributed by atoms with Crippen LogP contribution in [0.5, 0.6) is 0 Å². The Kier molecular flexibility index (Phi) is 49.6. The summed E-state index contributed by atoms with van der Waals surface area (Å²) in [6.45, 7) is 11.4. The fourth-order valence-electron chi connectivity index (χ4n) is 8.87. The maximum absolute atomic E-state index is 12.8. The van der Waals surface area contributed by atoms with Crippen molar-refractivity contribution >= 4 is 17.9 Å². The third-order valence-corrected chi connectivity index (χ3v) is 13.2. The summed E-state index contributed by atoms with van der Waals surface area (Å²) in [7, 11) is 0. The second kappa shape index (κ2) is 50.8. The van der Waals surface area contributed by atoms with Crippen LogP contribution in [0.25, 0.3) is 0 Å². The zero-order valence-corrected chi connectivity index (χ0v) is 43.9. The van der Waals surface area contributed by atoms with Crippen molar-refractivity contribution in [3.05, 3.63) is 0 Å². The van der Waals surface area contributed by atoms with Crippen LogP contribution in [0.4, 0.5) is 0 Å². The summed E-state index contributed by atoms with van der Waals surface area (Å²) in [4.78, 5) is 38.1. The largest absolute Gasteiger partial charge is 0.462 e. The van der Waals surface area contributed by atoms with Crippen LogP contribution >= 0.6 is 0 Å². The number of carbonyl (C=O) groups excluding carboxylic acids is 3. The summed E-state index contributed by atoms with van der Waals surface area (Å²) >= 11 is 0. The number of hydrogen-bond acceptors (Lipinski definition) is 6. The quantitative estimate of drug-likeness (QED) is 0.0344. The van der Waals surface area contributed by atoms with E-state index in [1.165, 1.54) is 212 Å². The van der Waals surface area contributed by atoms with E-state index in [2.05, 4.69) is 34.6 Å². The topological polar surface area (TPSA) is 78.9 Å². The van der Waals surface area contributed by atoms with E-state index in [0.717, 1.165) is 69.6 Å². The molecule has 6 heteroatoms. The molecule has 0 amide bonds. The van der Waals surface area contributed by atoms with Gasteiger partial charge >= 0.3 is 17.9 Å². The van der Waals surface area contributed by atoms with Gasteiger partial charge in [0.25, 0.3) is 0 Å². The second-order valence-electron chi connectivity index (χ2n) is 20.9. The summed E-state index contributed by atoms with van der Waals surface area (Å²) < 4.78 is 16.9. The Labute approximate surface area is 399 Å². The van der Waals surface area contributed by atoms with E-state index >= 15 is 0 Å². The summed E-state index contributed by atoms with van der Waals surface area (Å²) in [5, 5.41) is 0. The van der Waals surface area contributed by atoms with Crippen molar-refractivity contribution < 1.29 is 28.6 Å². The predicted octanol–water partition coefficient (Wildman–Crippen LogP) is 18.9. The molecule has 64 heavy (non-hydrogen) atoms. The Hall–Kier alpha value is -1.59. The van der Waals surface area contributed by atoms with Gasteiger partial charge in [-0.2, -0.15) is 0 Å². The van der Waals surface area contributed by atoms with E-state index in [9.17, 15) is 14.4 Å². The van der Waals surface area contributed by atoms with Crippen LogP contribution in [-0.2, 0) is 28.6 Å². The molecule has 0 aliphatic carbocycles. The van der Waals surface area contributed by atoms with Gasteiger partial charge in [0.2, 0.25) is 0 Å². The second-order valence-corrected chi connectivity index (χ2v) is 20.9. The summed E-state index contributed by atoms with van der Waals surface area (Å²) in [5.74, 6) is 0.857. The summed E-state index contributed by atoms with van der Waals surface area (Å²) in [6.07, 6.45) is 53.8. The summed E-state index contributed by atoms with van der Waals surface area (Å²) in [5.41, 5.74) is 0. The molecule has 0 aromatic carbocycles. The molecule has 380 valence electrons. The Morgan fingerprint density at radius 3 is 0.766 bits per heavy atom. The van der Waals surface area contributed by atoms with Gasteiger partial charge in [-0.15, -0.1) is 0 Å². The van der Waals surface area contributed by atoms with Crippen molar-refractivity contribution in [2.45, 2.75) is 330 Å². The van der Waals surface area contributed by atoms with Crippen molar-refractivity contribution in [1.29, 1.82) is 0 Å². The lowest BCUT2D eigenvalue weighted by atomic mass is 10.0. The monoisotopic (exact) mass is 905 g/mol. The highest BCUT2D eigenvalue weighted by Crippen LogP contribution is 2.18. The smallest absolute Gasteiger partial charge is 0.306 e. The first-order valence-corrected chi connectivity index (χ1v) is 28.7. The molecule has 0 aromatic rings. The first kappa shape index (κ1) is 62.4. The van der Waals surface area contributed by atoms with Gasteiger partial charge in [-0.3, -0.25) is 14.4 Å². The molecule has 0 aliphatic rings. The van der Waals surface area contributed by atoms with Gasteiger partial charge < -0.3 is 14.2 Å². The van der Waals surface area contributed by atoms with E-state index in [-0.39, 0.29) is 31.1 Å². The molecule has 0 saturated carbocycles. The molecule has 0 rings (SSSR count). The van der Waals surface area contributed by atoms with Crippen LogP contribution in [0, 0.1) is 11.8 Å². The third kappa shape index (κ3) is 51.4. The van der Waals surface area contributed by atoms with Crippen LogP contribution in [0.15, 0.2) is 0 Å². The predicted molar refractivity (Wildman–Crippen MR) is 275 cm³/mol. The van der Waals surface area contributed by atoms with E-state index in [1.54, 1.807) is 0 Å². The van der Waals surface area contributed by atoms with E-state index in [4.69, 9.17) is 14.2 Å². The van der Waals surface area contributed by atoms with Gasteiger partial charge in [-0.1, -0.05) is 285 Å². The lowest BCUT2D eigenvalue weighted by Gasteiger charge is -2.18. The molecule has 0 aliphatic heterocycles. The van der Waals surface area contributed by atoms with Gasteiger partial charge in [-0.05, 0) is 31.1 Å². The highest BCUT2D eigenvalue weighted by molar-refractivity contribution is 5.71. The maximum atomic E-state index is 12.8. The van der Waals surface area contributed by atoms with Gasteiger partial charge in [-0.25, -0.2) is 0 Å². The lowest BCUT2D eigenvalue weighted by Crippen LogP contribution is -2.30. The maximum Gasteiger partial charge on any atom is 0.306 e. The average Bonchev–Trinajstić information content (AvgIpc) is 3.27. The molecular weight excluding hydrogens is 793 g/mol. The van der Waals surface area contributed by atoms with E-state index < -0.39 is 6.10 Å². The van der Waals surface area contributed by atoms with Crippen molar-refractivity contribution in [1.82, 2.24) is 0 Å². The van der Waals surface area contributed by atoms with Crippen molar-refractivity contribution in [2.75, 3.05) is 13.2 Å². The number of esters is 3. The number of unbranched alkanes of at least 4 members (excludes halogenated alkanes) is 37. The highest BCUT2D eigenvalue weighted by Gasteiger charge is 2.19. The molecule has 0 saturated heterocycles. The fourth-order valence-corrected chi connectivity index (χ4v) is 8.87. The Morgan fingerprint density at radius 2 is 0.516 bits per heavy atom. The zero-order valence-electron chi connectivity index (χ0n) is 43.9. The van der Waals surface area contributed by atoms with Gasteiger partial charge in [0.1, 0.15) is 13.2 Å². The molecule has 0 bridgehead atoms. The molecule has 0 radical (unpaired) electrons. The van der Waals surface area contributed by atoms with E-state index in [1.807, 2.05) is 0 Å². The average molecular weight is 906 g/mol. The first-order chi connectivity index (χ1) is 31.2. The van der Waals surface area contributed by atoms with Crippen LogP contribution in [0.2, 0.25) is 0 Å². The molecule has 0 fully saturated rings. The fraction of sp³-hybridized carbons (Fsp3) is 0.948. The van der Waals surface area contributed by atoms with Crippen LogP contribution < -0.4 is 0 Å². The Morgan fingerprint density at radius 1 is 0.297 bits per heavy atom. The molecule has 0 heterocycles. The normalized spacial score (nSPS) is 12.0. The summed E-state index contributed by atoms with van der Waals surface area (Å²) in [6, 6.07) is 0. The van der Waals surface area contributed by atoms with Gasteiger partial charge in [0, 0.05) is 19.3 Å². The van der Waals surface area contributed by atoms with E-state index in [0.29, 0.717) is 19.3 Å². The Bertz CT molecular complexity index is 978. The Balaban J connectivity index is 4.21. The van der Waals surface area contributed by atoms with Crippen molar-refractivity contribution in [3.63, 3.8) is 0 Å². The van der Waals surface area contributed by atoms with Crippen LogP contribution in [0.3, 0.4) is 0 Å². The van der Waals surface area contributed by atoms with Crippen LogP contribution in [-0.4, -0.2) is 37.2 Å². The highest BCUT2D eigenvalue weighted by atomic mass is 16.6. The minimum absolute atomic E-state index is 0.0627. The molecule has 0 spiro atoms. The molecule has 0 aromatic heterocycles. The number of ether oxygens (including phenoxy) is 3. The minimum atomic E-state index is -0.761. The molecule has 1 atom stereocenters. The molecule has 0 N–H and O–H groups in total. The lowest BCUT2D eigenvalue weighted by molar-refractivity contribution is -0.167. The first-order valence-electron chi connectivity index (χ1n) is 28.7. The van der Waals surface area contributed by atoms with Gasteiger partial charge in [0.05, 0.1) is 0 Å². The zero-order chi connectivity index (χ0) is 46.8. The van der Waals surface area contributed by atoms with Gasteiger partial charge in [0.15, 0.2) is 6.10 Å². The third-order valence-electron chi connectivity index (χ3n) is 13.2. The SMILES string of the molecule is CCCCCCCCCCCCC(=O)O[C@H](COC(=O)CCCCCCCCCCCCCCCCCCC(C)C)COC(=O)CCCCCCCCCCCCCCCCC(C)C. The molecule has 6 nitrogen and oxygen atoms in total. The van der Waals surface area contributed by atoms with Crippen LogP contribution in [0.1, 0.15) is 324 Å². The number of rotatable bonds is 52. The van der Waals surface area contributed by atoms with Crippen molar-refractivity contribution in [2.24, 2.45) is 11.8 Å². The van der Waals surface area contributed by atoms with Crippen molar-refractivity contribution in [3.8, 4) is 0 Å². The standard InChI is InChI=1S/C58H112O6/c1-6-7-8-9-10-11-28-35-40-45-50-58(61)64-55(52-63-57(60)49-44-39-34-30-25-21-17-16-19-23-27-32-37-42-47-54(4)5)51-62-56(59)48-43-38-33-29-24-20-15-13-12-14-18-22-26-31-36-41-46-53(2)3/h53-55H,6-52H2,1-5H3/t55-/m1/s1. The molecule has 0 unspecified atom stereocenters. The number of hydrogen-bond donors (Lipinski definition) is 0. The number of carbonyl (C=O) groups is 3. The molecular formula is C58H112O6. The minimum Gasteiger partial charge on any atom is -0.462 e.